The number of hydrogen-bond donors (Lipinski definition) is 0. The first-order valence-electron chi connectivity index (χ1n) is 7.91. The lowest BCUT2D eigenvalue weighted by molar-refractivity contribution is -0.124. The fourth-order valence-corrected chi connectivity index (χ4v) is 5.01. The normalized spacial score (nSPS) is 40.7. The monoisotopic (exact) mass is 295 g/mol. The molecule has 6 atom stereocenters. The molecule has 4 nitrogen and oxygen atoms in total. The molecule has 0 spiro atoms. The summed E-state index contributed by atoms with van der Waals surface area (Å²) in [4.78, 5) is 27.4. The van der Waals surface area contributed by atoms with Crippen molar-refractivity contribution in [3.63, 3.8) is 0 Å². The van der Waals surface area contributed by atoms with Gasteiger partial charge < -0.3 is 4.74 Å². The molecule has 1 aromatic rings. The van der Waals surface area contributed by atoms with Gasteiger partial charge in [0.25, 0.3) is 0 Å². The van der Waals surface area contributed by atoms with Gasteiger partial charge in [0, 0.05) is 0 Å². The van der Waals surface area contributed by atoms with E-state index in [4.69, 9.17) is 4.74 Å². The Bertz CT molecular complexity index is 689. The van der Waals surface area contributed by atoms with E-state index in [0.29, 0.717) is 23.3 Å². The SMILES string of the molecule is COc1ccccc1N1C(=O)[C@@H]2[C@H]3C=C[C@@H]([C@@H]4C[C@H]34)[C@H]2C1=O. The Morgan fingerprint density at radius 3 is 2.18 bits per heavy atom. The molecule has 5 aliphatic rings. The van der Waals surface area contributed by atoms with Crippen LogP contribution in [0.5, 0.6) is 5.75 Å². The summed E-state index contributed by atoms with van der Waals surface area (Å²) < 4.78 is 5.35. The van der Waals surface area contributed by atoms with Crippen molar-refractivity contribution in [1.82, 2.24) is 0 Å². The maximum Gasteiger partial charge on any atom is 0.238 e. The van der Waals surface area contributed by atoms with E-state index in [-0.39, 0.29) is 35.5 Å². The fourth-order valence-electron chi connectivity index (χ4n) is 5.01. The van der Waals surface area contributed by atoms with Crippen LogP contribution in [0.2, 0.25) is 0 Å². The third kappa shape index (κ3) is 1.33. The second-order valence-corrected chi connectivity index (χ2v) is 6.84. The average Bonchev–Trinajstić information content (AvgIpc) is 3.32. The highest BCUT2D eigenvalue weighted by atomic mass is 16.5. The van der Waals surface area contributed by atoms with Crippen molar-refractivity contribution < 1.29 is 14.3 Å². The van der Waals surface area contributed by atoms with Crippen molar-refractivity contribution in [3.8, 4) is 5.75 Å². The van der Waals surface area contributed by atoms with Crippen molar-refractivity contribution in [1.29, 1.82) is 0 Å². The van der Waals surface area contributed by atoms with Crippen LogP contribution in [0.4, 0.5) is 5.69 Å². The number of amides is 2. The van der Waals surface area contributed by atoms with Gasteiger partial charge in [-0.15, -0.1) is 0 Å². The van der Waals surface area contributed by atoms with Gasteiger partial charge in [-0.1, -0.05) is 24.3 Å². The summed E-state index contributed by atoms with van der Waals surface area (Å²) in [5.41, 5.74) is 0.586. The summed E-state index contributed by atoms with van der Waals surface area (Å²) >= 11 is 0. The van der Waals surface area contributed by atoms with E-state index in [0.717, 1.165) is 0 Å². The molecule has 22 heavy (non-hydrogen) atoms. The molecule has 1 aliphatic heterocycles. The number of anilines is 1. The van der Waals surface area contributed by atoms with E-state index >= 15 is 0 Å². The third-order valence-corrected chi connectivity index (χ3v) is 5.99. The smallest absolute Gasteiger partial charge is 0.238 e. The molecule has 3 fully saturated rings. The Morgan fingerprint density at radius 2 is 1.59 bits per heavy atom. The van der Waals surface area contributed by atoms with Crippen LogP contribution in [0.1, 0.15) is 6.42 Å². The van der Waals surface area contributed by atoms with E-state index in [2.05, 4.69) is 12.2 Å². The van der Waals surface area contributed by atoms with Gasteiger partial charge in [0.05, 0.1) is 24.6 Å². The topological polar surface area (TPSA) is 46.6 Å². The van der Waals surface area contributed by atoms with Crippen molar-refractivity contribution >= 4 is 17.5 Å². The number of imide groups is 1. The molecule has 1 aromatic carbocycles. The van der Waals surface area contributed by atoms with Gasteiger partial charge in [-0.2, -0.15) is 0 Å². The molecule has 0 aromatic heterocycles. The summed E-state index contributed by atoms with van der Waals surface area (Å²) in [5.74, 6) is 1.97. The van der Waals surface area contributed by atoms with Crippen LogP contribution in [0.3, 0.4) is 0 Å². The zero-order valence-electron chi connectivity index (χ0n) is 12.3. The minimum Gasteiger partial charge on any atom is -0.495 e. The van der Waals surface area contributed by atoms with Crippen LogP contribution < -0.4 is 9.64 Å². The standard InChI is InChI=1S/C18H17NO3/c1-22-14-5-3-2-4-13(14)19-17(20)15-9-6-7-10(12-8-11(9)12)16(15)18(19)21/h2-7,9-12,15-16H,8H2,1H3/t9-,10-,11-,12+,15+,16+/m0/s1. The molecule has 1 heterocycles. The minimum absolute atomic E-state index is 0.0378. The second-order valence-electron chi connectivity index (χ2n) is 6.84. The predicted octanol–water partition coefficient (Wildman–Crippen LogP) is 2.25. The number of carbonyl (C=O) groups excluding carboxylic acids is 2. The lowest BCUT2D eigenvalue weighted by Crippen LogP contribution is -2.40. The van der Waals surface area contributed by atoms with E-state index in [1.165, 1.54) is 11.3 Å². The molecular weight excluding hydrogens is 278 g/mol. The van der Waals surface area contributed by atoms with Crippen molar-refractivity contribution in [3.05, 3.63) is 36.4 Å². The van der Waals surface area contributed by atoms with Crippen LogP contribution in [0, 0.1) is 35.5 Å². The van der Waals surface area contributed by atoms with Gasteiger partial charge >= 0.3 is 0 Å². The van der Waals surface area contributed by atoms with Crippen LogP contribution in [-0.4, -0.2) is 18.9 Å². The van der Waals surface area contributed by atoms with Crippen LogP contribution >= 0.6 is 0 Å². The molecular formula is C18H17NO3. The first-order valence-corrected chi connectivity index (χ1v) is 7.91. The molecule has 4 aliphatic carbocycles. The van der Waals surface area contributed by atoms with Gasteiger partial charge in [0.1, 0.15) is 5.75 Å². The molecule has 2 saturated carbocycles. The molecule has 1 saturated heterocycles. The number of ether oxygens (including phenoxy) is 1. The van der Waals surface area contributed by atoms with Crippen LogP contribution in [-0.2, 0) is 9.59 Å². The highest BCUT2D eigenvalue weighted by Gasteiger charge is 2.67. The Hall–Kier alpha value is -2.10. The van der Waals surface area contributed by atoms with Crippen molar-refractivity contribution in [2.24, 2.45) is 35.5 Å². The highest BCUT2D eigenvalue weighted by molar-refractivity contribution is 6.23. The molecule has 0 N–H and O–H groups in total. The van der Waals surface area contributed by atoms with Crippen LogP contribution in [0.25, 0.3) is 0 Å². The van der Waals surface area contributed by atoms with E-state index in [1.54, 1.807) is 19.2 Å². The minimum atomic E-state index is -0.156. The van der Waals surface area contributed by atoms with E-state index < -0.39 is 0 Å². The molecule has 2 amide bonds. The fraction of sp³-hybridized carbons (Fsp3) is 0.444. The van der Waals surface area contributed by atoms with E-state index in [1.807, 2.05) is 12.1 Å². The molecule has 6 rings (SSSR count). The summed E-state index contributed by atoms with van der Waals surface area (Å²) in [6, 6.07) is 7.27. The summed E-state index contributed by atoms with van der Waals surface area (Å²) in [7, 11) is 1.57. The van der Waals surface area contributed by atoms with Gasteiger partial charge in [0.2, 0.25) is 11.8 Å². The number of carbonyl (C=O) groups is 2. The second kappa shape index (κ2) is 4.00. The number of benzene rings is 1. The first-order chi connectivity index (χ1) is 10.7. The first kappa shape index (κ1) is 12.4. The number of methoxy groups -OCH3 is 1. The third-order valence-electron chi connectivity index (χ3n) is 5.99. The number of para-hydroxylation sites is 2. The number of nitrogens with zero attached hydrogens (tertiary/aromatic N) is 1. The molecule has 2 bridgehead atoms. The Kier molecular flexibility index (Phi) is 2.26. The number of rotatable bonds is 2. The lowest BCUT2D eigenvalue weighted by Gasteiger charge is -2.37. The zero-order valence-corrected chi connectivity index (χ0v) is 12.3. The number of hydrogen-bond acceptors (Lipinski definition) is 3. The molecule has 0 radical (unpaired) electrons. The van der Waals surface area contributed by atoms with Gasteiger partial charge in [-0.25, -0.2) is 4.90 Å². The highest BCUT2D eigenvalue weighted by Crippen LogP contribution is 2.65. The predicted molar refractivity (Wildman–Crippen MR) is 80.2 cm³/mol. The molecule has 112 valence electrons. The van der Waals surface area contributed by atoms with Gasteiger partial charge in [-0.05, 0) is 42.2 Å². The van der Waals surface area contributed by atoms with Crippen molar-refractivity contribution in [2.45, 2.75) is 6.42 Å². The Balaban J connectivity index is 1.60. The van der Waals surface area contributed by atoms with E-state index in [9.17, 15) is 9.59 Å². The quantitative estimate of drug-likeness (QED) is 0.621. The largest absolute Gasteiger partial charge is 0.495 e. The Labute approximate surface area is 128 Å². The van der Waals surface area contributed by atoms with Crippen molar-refractivity contribution in [2.75, 3.05) is 12.0 Å². The average molecular weight is 295 g/mol. The zero-order chi connectivity index (χ0) is 15.0. The maximum atomic E-state index is 13.0. The summed E-state index contributed by atoms with van der Waals surface area (Å²) in [6.45, 7) is 0. The van der Waals surface area contributed by atoms with Crippen LogP contribution in [0.15, 0.2) is 36.4 Å². The summed E-state index contributed by atoms with van der Waals surface area (Å²) in [5, 5.41) is 0. The lowest BCUT2D eigenvalue weighted by atomic mass is 9.63. The summed E-state index contributed by atoms with van der Waals surface area (Å²) in [6.07, 6.45) is 5.57. The van der Waals surface area contributed by atoms with Gasteiger partial charge in [-0.3, -0.25) is 9.59 Å². The Morgan fingerprint density at radius 1 is 1.00 bits per heavy atom. The van der Waals surface area contributed by atoms with Gasteiger partial charge in [0.15, 0.2) is 0 Å². The molecule has 4 heteroatoms. The maximum absolute atomic E-state index is 13.0. The number of allylic oxidation sites excluding steroid dienone is 2. The molecule has 0 unspecified atom stereocenters.